The number of anilines is 1. The average molecular weight is 615 g/mol. The van der Waals surface area contributed by atoms with Crippen molar-refractivity contribution in [3.63, 3.8) is 0 Å². The van der Waals surface area contributed by atoms with Crippen LogP contribution in [-0.4, -0.2) is 63.2 Å². The molecule has 2 aromatic heterocycles. The van der Waals surface area contributed by atoms with E-state index in [4.69, 9.17) is 14.5 Å². The zero-order valence-corrected chi connectivity index (χ0v) is 27.5. The number of hydrogen-bond acceptors (Lipinski definition) is 8. The SMILES string of the molecule is CCC(C)N(CCC(=O)Nc1sc2c(c1-c1nc3ccccc3s1)CCN(C(=O)OC(C)(C)C)C2)C(=O)OC(C)(C)C. The van der Waals surface area contributed by atoms with Crippen LogP contribution < -0.4 is 5.32 Å². The summed E-state index contributed by atoms with van der Waals surface area (Å²) < 4.78 is 12.3. The number of thiophene rings is 1. The molecule has 1 aliphatic heterocycles. The van der Waals surface area contributed by atoms with Crippen molar-refractivity contribution in [2.75, 3.05) is 18.4 Å². The van der Waals surface area contributed by atoms with E-state index in [0.717, 1.165) is 37.6 Å². The quantitative estimate of drug-likeness (QED) is 0.293. The second kappa shape index (κ2) is 12.6. The van der Waals surface area contributed by atoms with Gasteiger partial charge in [-0.3, -0.25) is 4.79 Å². The van der Waals surface area contributed by atoms with Gasteiger partial charge in [-0.25, -0.2) is 14.6 Å². The number of amides is 3. The van der Waals surface area contributed by atoms with Gasteiger partial charge in [-0.2, -0.15) is 0 Å². The fourth-order valence-electron chi connectivity index (χ4n) is 4.62. The van der Waals surface area contributed by atoms with Crippen LogP contribution in [0.25, 0.3) is 20.8 Å². The predicted molar refractivity (Wildman–Crippen MR) is 169 cm³/mol. The van der Waals surface area contributed by atoms with Crippen LogP contribution in [0.1, 0.15) is 78.7 Å². The molecule has 1 unspecified atom stereocenters. The molecule has 1 aliphatic rings. The van der Waals surface area contributed by atoms with Crippen molar-refractivity contribution in [3.05, 3.63) is 34.7 Å². The molecule has 0 aliphatic carbocycles. The van der Waals surface area contributed by atoms with Gasteiger partial charge >= 0.3 is 12.2 Å². The molecule has 3 amide bonds. The lowest BCUT2D eigenvalue weighted by Gasteiger charge is -2.31. The van der Waals surface area contributed by atoms with Crippen molar-refractivity contribution in [1.82, 2.24) is 14.8 Å². The molecule has 9 nitrogen and oxygen atoms in total. The highest BCUT2D eigenvalue weighted by atomic mass is 32.1. The van der Waals surface area contributed by atoms with E-state index in [1.165, 1.54) is 11.3 Å². The minimum absolute atomic E-state index is 0.0705. The number of nitrogens with zero attached hydrogens (tertiary/aromatic N) is 3. The maximum Gasteiger partial charge on any atom is 0.410 e. The first-order valence-corrected chi connectivity index (χ1v) is 16.1. The summed E-state index contributed by atoms with van der Waals surface area (Å²) >= 11 is 3.06. The number of carbonyl (C=O) groups excluding carboxylic acids is 3. The fraction of sp³-hybridized carbons (Fsp3) is 0.548. The van der Waals surface area contributed by atoms with Crippen molar-refractivity contribution in [2.45, 2.75) is 98.4 Å². The Labute approximate surface area is 256 Å². The zero-order chi connectivity index (χ0) is 30.8. The summed E-state index contributed by atoms with van der Waals surface area (Å²) in [6.07, 6.45) is 0.728. The normalized spacial score (nSPS) is 14.3. The molecule has 0 fully saturated rings. The van der Waals surface area contributed by atoms with E-state index in [-0.39, 0.29) is 31.0 Å². The number of nitrogens with one attached hydrogen (secondary N) is 1. The molecule has 3 aromatic rings. The van der Waals surface area contributed by atoms with Crippen LogP contribution in [0.3, 0.4) is 0 Å². The third-order valence-electron chi connectivity index (χ3n) is 6.80. The number of ether oxygens (including phenoxy) is 2. The largest absolute Gasteiger partial charge is 0.444 e. The van der Waals surface area contributed by atoms with E-state index in [0.29, 0.717) is 24.5 Å². The third-order valence-corrected chi connectivity index (χ3v) is 8.99. The monoisotopic (exact) mass is 614 g/mol. The van der Waals surface area contributed by atoms with Crippen LogP contribution in [0.4, 0.5) is 14.6 Å². The first-order chi connectivity index (χ1) is 19.6. The van der Waals surface area contributed by atoms with Gasteiger partial charge in [-0.15, -0.1) is 22.7 Å². The van der Waals surface area contributed by atoms with E-state index in [1.54, 1.807) is 21.1 Å². The van der Waals surface area contributed by atoms with E-state index in [1.807, 2.05) is 79.7 Å². The molecule has 1 aromatic carbocycles. The van der Waals surface area contributed by atoms with Gasteiger partial charge < -0.3 is 24.6 Å². The average Bonchev–Trinajstić information content (AvgIpc) is 3.46. The van der Waals surface area contributed by atoms with E-state index >= 15 is 0 Å². The van der Waals surface area contributed by atoms with Crippen LogP contribution in [-0.2, 0) is 27.2 Å². The van der Waals surface area contributed by atoms with Gasteiger partial charge in [0.05, 0.1) is 16.8 Å². The molecule has 228 valence electrons. The molecule has 11 heteroatoms. The number of rotatable bonds is 7. The van der Waals surface area contributed by atoms with Gasteiger partial charge in [0.2, 0.25) is 5.91 Å². The Morgan fingerprint density at radius 3 is 2.40 bits per heavy atom. The van der Waals surface area contributed by atoms with Crippen LogP contribution in [0.15, 0.2) is 24.3 Å². The molecule has 1 N–H and O–H groups in total. The van der Waals surface area contributed by atoms with E-state index in [9.17, 15) is 14.4 Å². The van der Waals surface area contributed by atoms with Crippen LogP contribution in [0, 0.1) is 0 Å². The Kier molecular flexibility index (Phi) is 9.52. The maximum atomic E-state index is 13.3. The highest BCUT2D eigenvalue weighted by molar-refractivity contribution is 7.22. The summed E-state index contributed by atoms with van der Waals surface area (Å²) in [7, 11) is 0. The number of carbonyl (C=O) groups is 3. The third kappa shape index (κ3) is 7.80. The summed E-state index contributed by atoms with van der Waals surface area (Å²) in [4.78, 5) is 48.3. The molecule has 0 radical (unpaired) electrons. The van der Waals surface area contributed by atoms with E-state index < -0.39 is 17.3 Å². The van der Waals surface area contributed by atoms with Crippen molar-refractivity contribution < 1.29 is 23.9 Å². The minimum atomic E-state index is -0.625. The van der Waals surface area contributed by atoms with Gasteiger partial charge in [0.25, 0.3) is 0 Å². The number of thiazole rings is 1. The molecule has 1 atom stereocenters. The molecular formula is C31H42N4O5S2. The van der Waals surface area contributed by atoms with Gasteiger partial charge in [0, 0.05) is 36.0 Å². The van der Waals surface area contributed by atoms with Crippen molar-refractivity contribution >= 4 is 56.0 Å². The summed E-state index contributed by atoms with van der Waals surface area (Å²) in [5.74, 6) is -0.197. The molecule has 0 saturated heterocycles. The van der Waals surface area contributed by atoms with Gasteiger partial charge in [0.15, 0.2) is 0 Å². The fourth-order valence-corrected chi connectivity index (χ4v) is 7.01. The van der Waals surface area contributed by atoms with Crippen molar-refractivity contribution in [1.29, 1.82) is 0 Å². The minimum Gasteiger partial charge on any atom is -0.444 e. The summed E-state index contributed by atoms with van der Waals surface area (Å²) in [5, 5.41) is 4.67. The molecule has 4 rings (SSSR count). The smallest absolute Gasteiger partial charge is 0.410 e. The topological polar surface area (TPSA) is 101 Å². The number of hydrogen-bond donors (Lipinski definition) is 1. The highest BCUT2D eigenvalue weighted by Crippen LogP contribution is 2.46. The lowest BCUT2D eigenvalue weighted by Crippen LogP contribution is -2.43. The lowest BCUT2D eigenvalue weighted by molar-refractivity contribution is -0.116. The summed E-state index contributed by atoms with van der Waals surface area (Å²) in [5.41, 5.74) is 1.71. The number of aromatic nitrogens is 1. The molecule has 0 saturated carbocycles. The maximum absolute atomic E-state index is 13.3. The van der Waals surface area contributed by atoms with Crippen LogP contribution in [0.2, 0.25) is 0 Å². The van der Waals surface area contributed by atoms with Gasteiger partial charge in [-0.1, -0.05) is 19.1 Å². The van der Waals surface area contributed by atoms with Gasteiger partial charge in [-0.05, 0) is 79.0 Å². The Balaban J connectivity index is 1.59. The number of fused-ring (bicyclic) bond motifs is 2. The summed E-state index contributed by atoms with van der Waals surface area (Å²) in [6, 6.07) is 7.90. The molecule has 42 heavy (non-hydrogen) atoms. The highest BCUT2D eigenvalue weighted by Gasteiger charge is 2.32. The zero-order valence-electron chi connectivity index (χ0n) is 25.8. The van der Waals surface area contributed by atoms with E-state index in [2.05, 4.69) is 5.32 Å². The standard InChI is InChI=1S/C31H42N4O5S2/c1-9-19(2)35(29(38)40-31(6,7)8)17-15-24(36)33-27-25(26-32-21-12-10-11-13-22(21)41-26)20-14-16-34(18-23(20)42-27)28(37)39-30(3,4)5/h10-13,19H,9,14-18H2,1-8H3,(H,33,36). The van der Waals surface area contributed by atoms with Crippen molar-refractivity contribution in [2.24, 2.45) is 0 Å². The van der Waals surface area contributed by atoms with Crippen molar-refractivity contribution in [3.8, 4) is 10.6 Å². The molecule has 0 spiro atoms. The second-order valence-corrected chi connectivity index (χ2v) is 14.7. The lowest BCUT2D eigenvalue weighted by atomic mass is 10.0. The first-order valence-electron chi connectivity index (χ1n) is 14.4. The van der Waals surface area contributed by atoms with Gasteiger partial charge in [0.1, 0.15) is 21.2 Å². The van der Waals surface area contributed by atoms with Crippen LogP contribution in [0.5, 0.6) is 0 Å². The molecule has 0 bridgehead atoms. The number of para-hydroxylation sites is 1. The van der Waals surface area contributed by atoms with Crippen LogP contribution >= 0.6 is 22.7 Å². The Hall–Kier alpha value is -3.18. The Morgan fingerprint density at radius 1 is 1.07 bits per heavy atom. The predicted octanol–water partition coefficient (Wildman–Crippen LogP) is 7.68. The first kappa shape index (κ1) is 31.7. The second-order valence-electron chi connectivity index (χ2n) is 12.6. The molecule has 3 heterocycles. The molecular weight excluding hydrogens is 572 g/mol. The Morgan fingerprint density at radius 2 is 1.76 bits per heavy atom. The Bertz CT molecular complexity index is 1420. The summed E-state index contributed by atoms with van der Waals surface area (Å²) in [6.45, 7) is 16.2. The number of benzene rings is 1.